The van der Waals surface area contributed by atoms with Gasteiger partial charge >= 0.3 is 0 Å². The first-order valence-electron chi connectivity index (χ1n) is 16.6. The van der Waals surface area contributed by atoms with Crippen LogP contribution in [0.1, 0.15) is 164 Å². The van der Waals surface area contributed by atoms with Crippen LogP contribution in [-0.2, 0) is 16.3 Å². The lowest BCUT2D eigenvalue weighted by Gasteiger charge is -2.28. The summed E-state index contributed by atoms with van der Waals surface area (Å²) in [6.07, 6.45) is 26.0. The number of quaternary nitrogens is 1. The molecular formula is C32H70NO2PS2. The molecule has 0 heterocycles. The van der Waals surface area contributed by atoms with Crippen LogP contribution in [0.2, 0.25) is 0 Å². The molecule has 3 nitrogen and oxygen atoms in total. The van der Waals surface area contributed by atoms with Gasteiger partial charge in [-0.05, 0) is 50.4 Å². The molecule has 0 rings (SSSR count). The highest BCUT2D eigenvalue weighted by atomic mass is 32.9. The van der Waals surface area contributed by atoms with Crippen LogP contribution in [0.3, 0.4) is 0 Å². The summed E-state index contributed by atoms with van der Waals surface area (Å²) in [5, 5.41) is 0. The highest BCUT2D eigenvalue weighted by molar-refractivity contribution is 8.67. The molecule has 0 radical (unpaired) electrons. The Bertz CT molecular complexity index is 452. The molecule has 0 aliphatic rings. The van der Waals surface area contributed by atoms with Crippen molar-refractivity contribution in [3.05, 3.63) is 0 Å². The molecule has 0 aromatic carbocycles. The van der Waals surface area contributed by atoms with E-state index < -0.39 is 5.69 Å². The Labute approximate surface area is 250 Å². The molecule has 0 aliphatic carbocycles. The Balaban J connectivity index is 0. The Morgan fingerprint density at radius 1 is 0.605 bits per heavy atom. The van der Waals surface area contributed by atoms with Gasteiger partial charge in [-0.2, -0.15) is 0 Å². The first-order valence-corrected chi connectivity index (χ1v) is 20.8. The molecule has 0 aromatic rings. The average molecular weight is 596 g/mol. The third kappa shape index (κ3) is 34.9. The second kappa shape index (κ2) is 30.8. The van der Waals surface area contributed by atoms with E-state index in [0.29, 0.717) is 18.4 Å². The second-order valence-electron chi connectivity index (χ2n) is 12.1. The molecule has 0 aliphatic heterocycles. The molecule has 0 aromatic heterocycles. The van der Waals surface area contributed by atoms with Gasteiger partial charge < -0.3 is 14.3 Å². The molecule has 232 valence electrons. The SMILES string of the molecule is CC(C)COP([O-])(=S)SCC(C)C.CCCCCCCC[NH+](CCCCCCCC)CCCCCCCC. The first-order chi connectivity index (χ1) is 18.2. The summed E-state index contributed by atoms with van der Waals surface area (Å²) in [5.74, 6) is 1.69. The fourth-order valence-corrected chi connectivity index (χ4v) is 7.97. The summed E-state index contributed by atoms with van der Waals surface area (Å²) in [6.45, 7) is 19.9. The van der Waals surface area contributed by atoms with E-state index >= 15 is 0 Å². The molecule has 0 spiro atoms. The smallest absolute Gasteiger partial charge is 0.0770 e. The molecule has 6 heteroatoms. The van der Waals surface area contributed by atoms with E-state index in [0.717, 1.165) is 5.75 Å². The molecule has 0 bridgehead atoms. The number of hydrogen-bond donors (Lipinski definition) is 1. The van der Waals surface area contributed by atoms with Gasteiger partial charge in [0.1, 0.15) is 0 Å². The number of rotatable bonds is 27. The van der Waals surface area contributed by atoms with Gasteiger partial charge in [-0.3, -0.25) is 0 Å². The summed E-state index contributed by atoms with van der Waals surface area (Å²) >= 11 is 6.15. The van der Waals surface area contributed by atoms with Crippen molar-refractivity contribution in [2.75, 3.05) is 32.0 Å². The van der Waals surface area contributed by atoms with Crippen LogP contribution in [-0.4, -0.2) is 32.0 Å². The van der Waals surface area contributed by atoms with Crippen molar-refractivity contribution < 1.29 is 14.3 Å². The second-order valence-corrected chi connectivity index (χ2v) is 18.2. The normalized spacial score (nSPS) is 13.2. The van der Waals surface area contributed by atoms with Gasteiger partial charge in [0.05, 0.1) is 26.2 Å². The van der Waals surface area contributed by atoms with Crippen LogP contribution in [0.5, 0.6) is 0 Å². The molecule has 38 heavy (non-hydrogen) atoms. The minimum absolute atomic E-state index is 0.385. The molecule has 0 amide bonds. The largest absolute Gasteiger partial charge is 0.793 e. The molecule has 0 fully saturated rings. The molecule has 0 saturated heterocycles. The average Bonchev–Trinajstić information content (AvgIpc) is 2.87. The van der Waals surface area contributed by atoms with Crippen LogP contribution >= 0.6 is 17.1 Å². The van der Waals surface area contributed by atoms with Gasteiger partial charge in [-0.15, -0.1) is 11.4 Å². The van der Waals surface area contributed by atoms with E-state index in [2.05, 4.69) is 34.6 Å². The van der Waals surface area contributed by atoms with Crippen LogP contribution in [0.4, 0.5) is 0 Å². The van der Waals surface area contributed by atoms with Crippen LogP contribution in [0.25, 0.3) is 0 Å². The zero-order valence-corrected chi connectivity index (χ0v) is 29.5. The summed E-state index contributed by atoms with van der Waals surface area (Å²) < 4.78 is 5.17. The van der Waals surface area contributed by atoms with Crippen LogP contribution in [0.15, 0.2) is 0 Å². The van der Waals surface area contributed by atoms with Crippen molar-refractivity contribution in [1.29, 1.82) is 0 Å². The van der Waals surface area contributed by atoms with Gasteiger partial charge in [0.15, 0.2) is 0 Å². The predicted octanol–water partition coefficient (Wildman–Crippen LogP) is 9.59. The Kier molecular flexibility index (Phi) is 33.3. The third-order valence-corrected chi connectivity index (χ3v) is 11.4. The molecule has 1 atom stereocenters. The Morgan fingerprint density at radius 3 is 1.26 bits per heavy atom. The standard InChI is InChI=1S/C24H51N.C8H19O2PS2/c1-4-7-10-13-16-19-22-25(23-20-17-14-11-8-5-2)24-21-18-15-12-9-6-3;1-7(2)5-10-11(9,12)13-6-8(3)4/h4-24H2,1-3H3;7-8H,5-6H2,1-4H3,(H,9,12). The zero-order valence-electron chi connectivity index (χ0n) is 27.0. The van der Waals surface area contributed by atoms with E-state index in [1.165, 1.54) is 147 Å². The number of unbranched alkanes of at least 4 members (excludes halogenated alkanes) is 15. The van der Waals surface area contributed by atoms with Crippen LogP contribution < -0.4 is 9.79 Å². The number of hydrogen-bond acceptors (Lipinski definition) is 4. The maximum atomic E-state index is 11.6. The maximum absolute atomic E-state index is 11.6. The minimum atomic E-state index is -2.80. The van der Waals surface area contributed by atoms with Crippen molar-refractivity contribution >= 4 is 28.9 Å². The van der Waals surface area contributed by atoms with E-state index in [1.807, 2.05) is 18.7 Å². The van der Waals surface area contributed by atoms with E-state index in [-0.39, 0.29) is 0 Å². The topological polar surface area (TPSA) is 36.7 Å². The molecule has 0 saturated carbocycles. The van der Waals surface area contributed by atoms with Gasteiger partial charge in [0.25, 0.3) is 0 Å². The summed E-state index contributed by atoms with van der Waals surface area (Å²) in [6, 6.07) is 0. The lowest BCUT2D eigenvalue weighted by molar-refractivity contribution is -0.900. The summed E-state index contributed by atoms with van der Waals surface area (Å²) in [5.41, 5.74) is -2.80. The summed E-state index contributed by atoms with van der Waals surface area (Å²) in [4.78, 5) is 13.5. The van der Waals surface area contributed by atoms with Gasteiger partial charge in [0, 0.05) is 11.4 Å². The monoisotopic (exact) mass is 595 g/mol. The van der Waals surface area contributed by atoms with Gasteiger partial charge in [-0.25, -0.2) is 0 Å². The Morgan fingerprint density at radius 2 is 0.947 bits per heavy atom. The quantitative estimate of drug-likeness (QED) is 0.0758. The predicted molar refractivity (Wildman–Crippen MR) is 178 cm³/mol. The molecular weight excluding hydrogens is 525 g/mol. The maximum Gasteiger partial charge on any atom is 0.0770 e. The van der Waals surface area contributed by atoms with Crippen molar-refractivity contribution in [1.82, 2.24) is 0 Å². The van der Waals surface area contributed by atoms with E-state index in [9.17, 15) is 4.89 Å². The molecule has 1 N–H and O–H groups in total. The van der Waals surface area contributed by atoms with E-state index in [4.69, 9.17) is 16.3 Å². The van der Waals surface area contributed by atoms with Crippen LogP contribution in [0, 0.1) is 11.8 Å². The highest BCUT2D eigenvalue weighted by Gasteiger charge is 2.08. The van der Waals surface area contributed by atoms with Crippen molar-refractivity contribution in [3.8, 4) is 0 Å². The third-order valence-electron chi connectivity index (χ3n) is 6.78. The molecule has 1 unspecified atom stereocenters. The fraction of sp³-hybridized carbons (Fsp3) is 1.00. The Hall–Kier alpha value is 0.880. The lowest BCUT2D eigenvalue weighted by Crippen LogP contribution is -3.12. The van der Waals surface area contributed by atoms with Crippen molar-refractivity contribution in [2.24, 2.45) is 11.8 Å². The van der Waals surface area contributed by atoms with Gasteiger partial charge in [0.2, 0.25) is 0 Å². The zero-order chi connectivity index (χ0) is 28.9. The summed E-state index contributed by atoms with van der Waals surface area (Å²) in [7, 11) is 0. The minimum Gasteiger partial charge on any atom is -0.793 e. The van der Waals surface area contributed by atoms with Crippen molar-refractivity contribution in [2.45, 2.75) is 164 Å². The highest BCUT2D eigenvalue weighted by Crippen LogP contribution is 2.52. The lowest BCUT2D eigenvalue weighted by atomic mass is 10.1. The van der Waals surface area contributed by atoms with Gasteiger partial charge in [-0.1, -0.05) is 137 Å². The first kappa shape index (κ1) is 41.0. The fourth-order valence-electron chi connectivity index (χ4n) is 4.36. The number of nitrogens with one attached hydrogen (secondary N) is 1. The van der Waals surface area contributed by atoms with E-state index in [1.54, 1.807) is 0 Å². The van der Waals surface area contributed by atoms with Crippen molar-refractivity contribution in [3.63, 3.8) is 0 Å².